The van der Waals surface area contributed by atoms with Crippen LogP contribution in [0.15, 0.2) is 42.6 Å². The molecule has 1 fully saturated rings. The Labute approximate surface area is 128 Å². The molecule has 0 unspecified atom stereocenters. The van der Waals surface area contributed by atoms with Gasteiger partial charge in [0.2, 0.25) is 0 Å². The van der Waals surface area contributed by atoms with Gasteiger partial charge in [0, 0.05) is 18.3 Å². The summed E-state index contributed by atoms with van der Waals surface area (Å²) in [5, 5.41) is 0. The zero-order chi connectivity index (χ0) is 15.5. The Balaban J connectivity index is 1.73. The van der Waals surface area contributed by atoms with Crippen molar-refractivity contribution in [2.75, 3.05) is 19.7 Å². The van der Waals surface area contributed by atoms with Crippen molar-refractivity contribution >= 4 is 11.7 Å². The fourth-order valence-corrected chi connectivity index (χ4v) is 2.59. The quantitative estimate of drug-likeness (QED) is 0.885. The van der Waals surface area contributed by atoms with E-state index in [0.29, 0.717) is 31.0 Å². The predicted molar refractivity (Wildman–Crippen MR) is 81.8 cm³/mol. The molecule has 1 aliphatic rings. The van der Waals surface area contributed by atoms with Crippen molar-refractivity contribution in [3.05, 3.63) is 59.4 Å². The molecule has 0 bridgehead atoms. The molecule has 22 heavy (non-hydrogen) atoms. The lowest BCUT2D eigenvalue weighted by molar-refractivity contribution is -0.0229. The number of hydrogen-bond acceptors (Lipinski definition) is 3. The zero-order valence-electron chi connectivity index (χ0n) is 12.4. The fraction of sp³-hybridized carbons (Fsp3) is 0.294. The van der Waals surface area contributed by atoms with E-state index in [0.717, 1.165) is 5.56 Å². The first-order valence-corrected chi connectivity index (χ1v) is 7.30. The molecule has 0 radical (unpaired) electrons. The van der Waals surface area contributed by atoms with E-state index in [1.54, 1.807) is 17.2 Å². The van der Waals surface area contributed by atoms with E-state index in [9.17, 15) is 9.59 Å². The van der Waals surface area contributed by atoms with Crippen LogP contribution >= 0.6 is 0 Å². The van der Waals surface area contributed by atoms with Crippen LogP contribution in [0.1, 0.15) is 39.4 Å². The first-order chi connectivity index (χ1) is 10.6. The summed E-state index contributed by atoms with van der Waals surface area (Å²) in [5.74, 6) is -0.156. The number of hydrogen-bond donors (Lipinski definition) is 1. The van der Waals surface area contributed by atoms with Crippen LogP contribution in [0, 0.1) is 0 Å². The molecule has 1 N–H and O–H groups in total. The van der Waals surface area contributed by atoms with Gasteiger partial charge in [0.05, 0.1) is 13.2 Å². The predicted octanol–water partition coefficient (Wildman–Crippen LogP) is 2.43. The van der Waals surface area contributed by atoms with E-state index < -0.39 is 0 Å². The molecule has 0 saturated carbocycles. The minimum absolute atomic E-state index is 0.0561. The summed E-state index contributed by atoms with van der Waals surface area (Å²) < 4.78 is 5.77. The summed E-state index contributed by atoms with van der Waals surface area (Å²) in [6.45, 7) is 3.05. The fourth-order valence-electron chi connectivity index (χ4n) is 2.59. The lowest BCUT2D eigenvalue weighted by Crippen LogP contribution is -2.42. The van der Waals surface area contributed by atoms with Gasteiger partial charge in [-0.2, -0.15) is 0 Å². The molecule has 2 heterocycles. The molecule has 2 aromatic rings. The second kappa shape index (κ2) is 6.15. The third-order valence-corrected chi connectivity index (χ3v) is 3.84. The van der Waals surface area contributed by atoms with Crippen LogP contribution in [0.2, 0.25) is 0 Å². The number of carbonyl (C=O) groups is 2. The van der Waals surface area contributed by atoms with Crippen molar-refractivity contribution in [1.82, 2.24) is 9.88 Å². The molecule has 3 rings (SSSR count). The molecular weight excluding hydrogens is 280 g/mol. The van der Waals surface area contributed by atoms with E-state index in [4.69, 9.17) is 4.74 Å². The number of nitrogens with one attached hydrogen (secondary N) is 1. The van der Waals surface area contributed by atoms with Gasteiger partial charge in [-0.25, -0.2) is 0 Å². The topological polar surface area (TPSA) is 62.4 Å². The van der Waals surface area contributed by atoms with Crippen molar-refractivity contribution in [2.24, 2.45) is 0 Å². The van der Waals surface area contributed by atoms with Crippen LogP contribution < -0.4 is 0 Å². The molecule has 0 aliphatic carbocycles. The van der Waals surface area contributed by atoms with Gasteiger partial charge in [-0.3, -0.25) is 9.59 Å². The third kappa shape index (κ3) is 2.94. The van der Waals surface area contributed by atoms with E-state index in [1.807, 2.05) is 30.3 Å². The highest BCUT2D eigenvalue weighted by Crippen LogP contribution is 2.23. The number of ketones is 1. The lowest BCUT2D eigenvalue weighted by atomic mass is 10.1. The van der Waals surface area contributed by atoms with Gasteiger partial charge >= 0.3 is 0 Å². The Bertz CT molecular complexity index is 678. The number of rotatable bonds is 3. The Morgan fingerprint density at radius 3 is 2.73 bits per heavy atom. The SMILES string of the molecule is CC(=O)c1c[nH]c(C(=O)N2CCO[C@@H](c3ccccc3)C2)c1. The molecule has 1 aliphatic heterocycles. The number of morpholine rings is 1. The molecule has 1 saturated heterocycles. The summed E-state index contributed by atoms with van der Waals surface area (Å²) in [5.41, 5.74) is 2.03. The molecule has 114 valence electrons. The summed E-state index contributed by atoms with van der Waals surface area (Å²) >= 11 is 0. The zero-order valence-corrected chi connectivity index (χ0v) is 12.4. The van der Waals surface area contributed by atoms with Crippen LogP contribution in [0.5, 0.6) is 0 Å². The number of amides is 1. The normalized spacial score (nSPS) is 18.2. The molecule has 1 aromatic carbocycles. The van der Waals surface area contributed by atoms with Crippen LogP contribution in [0.25, 0.3) is 0 Å². The van der Waals surface area contributed by atoms with E-state index in [-0.39, 0.29) is 17.8 Å². The first kappa shape index (κ1) is 14.5. The lowest BCUT2D eigenvalue weighted by Gasteiger charge is -2.33. The smallest absolute Gasteiger partial charge is 0.270 e. The summed E-state index contributed by atoms with van der Waals surface area (Å²) in [4.78, 5) is 28.5. The Kier molecular flexibility index (Phi) is 4.06. The van der Waals surface area contributed by atoms with Gasteiger partial charge in [-0.05, 0) is 18.6 Å². The second-order valence-corrected chi connectivity index (χ2v) is 5.38. The van der Waals surface area contributed by atoms with Crippen molar-refractivity contribution in [1.29, 1.82) is 0 Å². The van der Waals surface area contributed by atoms with Gasteiger partial charge < -0.3 is 14.6 Å². The minimum atomic E-state index is -0.110. The van der Waals surface area contributed by atoms with Crippen molar-refractivity contribution in [3.63, 3.8) is 0 Å². The number of Topliss-reactive ketones (excluding diaryl/α,β-unsaturated/α-hetero) is 1. The maximum Gasteiger partial charge on any atom is 0.270 e. The third-order valence-electron chi connectivity index (χ3n) is 3.84. The highest BCUT2D eigenvalue weighted by molar-refractivity contribution is 5.99. The Hall–Kier alpha value is -2.40. The number of aromatic amines is 1. The largest absolute Gasteiger partial charge is 0.370 e. The van der Waals surface area contributed by atoms with Crippen molar-refractivity contribution < 1.29 is 14.3 Å². The standard InChI is InChI=1S/C17H18N2O3/c1-12(20)14-9-15(18-10-14)17(21)19-7-8-22-16(11-19)13-5-3-2-4-6-13/h2-6,9-10,16,18H,7-8,11H2,1H3/t16-/m1/s1. The molecule has 1 amide bonds. The van der Waals surface area contributed by atoms with E-state index in [1.165, 1.54) is 6.92 Å². The monoisotopic (exact) mass is 298 g/mol. The van der Waals surface area contributed by atoms with Gasteiger partial charge in [0.25, 0.3) is 5.91 Å². The van der Waals surface area contributed by atoms with Gasteiger partial charge in [-0.15, -0.1) is 0 Å². The summed E-state index contributed by atoms with van der Waals surface area (Å²) in [6.07, 6.45) is 1.46. The van der Waals surface area contributed by atoms with Crippen LogP contribution in [0.4, 0.5) is 0 Å². The number of carbonyl (C=O) groups excluding carboxylic acids is 2. The number of nitrogens with zero attached hydrogens (tertiary/aromatic N) is 1. The van der Waals surface area contributed by atoms with Gasteiger partial charge in [0.15, 0.2) is 5.78 Å². The minimum Gasteiger partial charge on any atom is -0.370 e. The number of ether oxygens (including phenoxy) is 1. The maximum absolute atomic E-state index is 12.5. The molecule has 0 spiro atoms. The molecule has 5 heteroatoms. The van der Waals surface area contributed by atoms with Crippen LogP contribution in [-0.4, -0.2) is 41.3 Å². The second-order valence-electron chi connectivity index (χ2n) is 5.38. The van der Waals surface area contributed by atoms with E-state index in [2.05, 4.69) is 4.98 Å². The van der Waals surface area contributed by atoms with Crippen LogP contribution in [0.3, 0.4) is 0 Å². The van der Waals surface area contributed by atoms with Gasteiger partial charge in [-0.1, -0.05) is 30.3 Å². The average Bonchev–Trinajstić information content (AvgIpc) is 3.05. The van der Waals surface area contributed by atoms with Crippen molar-refractivity contribution in [3.8, 4) is 0 Å². The Morgan fingerprint density at radius 2 is 2.05 bits per heavy atom. The highest BCUT2D eigenvalue weighted by atomic mass is 16.5. The molecule has 5 nitrogen and oxygen atoms in total. The summed E-state index contributed by atoms with van der Waals surface area (Å²) in [6, 6.07) is 11.5. The Morgan fingerprint density at radius 1 is 1.27 bits per heavy atom. The summed E-state index contributed by atoms with van der Waals surface area (Å²) in [7, 11) is 0. The number of benzene rings is 1. The highest BCUT2D eigenvalue weighted by Gasteiger charge is 2.26. The molecular formula is C17H18N2O3. The molecule has 1 aromatic heterocycles. The first-order valence-electron chi connectivity index (χ1n) is 7.30. The van der Waals surface area contributed by atoms with E-state index >= 15 is 0 Å². The van der Waals surface area contributed by atoms with Crippen LogP contribution in [-0.2, 0) is 4.74 Å². The molecule has 1 atom stereocenters. The average molecular weight is 298 g/mol. The number of H-pyrrole nitrogens is 1. The van der Waals surface area contributed by atoms with Crippen molar-refractivity contribution in [2.45, 2.75) is 13.0 Å². The number of aromatic nitrogens is 1. The van der Waals surface area contributed by atoms with Gasteiger partial charge in [0.1, 0.15) is 11.8 Å². The maximum atomic E-state index is 12.5.